The van der Waals surface area contributed by atoms with Crippen molar-refractivity contribution in [2.45, 2.75) is 19.9 Å². The molecule has 7 heteroatoms. The van der Waals surface area contributed by atoms with Crippen molar-refractivity contribution in [1.29, 1.82) is 0 Å². The van der Waals surface area contributed by atoms with Gasteiger partial charge in [-0.25, -0.2) is 4.79 Å². The Morgan fingerprint density at radius 1 is 1.40 bits per heavy atom. The van der Waals surface area contributed by atoms with Crippen LogP contribution in [-0.2, 0) is 7.05 Å². The minimum Gasteiger partial charge on any atom is -0.477 e. The highest BCUT2D eigenvalue weighted by Gasteiger charge is 2.18. The van der Waals surface area contributed by atoms with E-state index in [9.17, 15) is 9.59 Å². The first-order valence-corrected chi connectivity index (χ1v) is 6.84. The maximum atomic E-state index is 12.1. The molecule has 0 bridgehead atoms. The summed E-state index contributed by atoms with van der Waals surface area (Å²) in [6.45, 7) is 3.80. The minimum absolute atomic E-state index is 0.153. The number of aromatic carboxylic acids is 1. The van der Waals surface area contributed by atoms with Gasteiger partial charge in [0.15, 0.2) is 0 Å². The van der Waals surface area contributed by atoms with Crippen molar-refractivity contribution in [3.63, 3.8) is 0 Å². The molecule has 0 aliphatic rings. The lowest BCUT2D eigenvalue weighted by atomic mass is 10.1. The van der Waals surface area contributed by atoms with Crippen LogP contribution in [0.25, 0.3) is 0 Å². The average molecular weight is 293 g/mol. The molecule has 2 heterocycles. The summed E-state index contributed by atoms with van der Waals surface area (Å²) >= 11 is 0.963. The van der Waals surface area contributed by atoms with Crippen LogP contribution < -0.4 is 5.32 Å². The summed E-state index contributed by atoms with van der Waals surface area (Å²) in [5, 5.41) is 15.8. The Morgan fingerprint density at radius 3 is 2.55 bits per heavy atom. The Balaban J connectivity index is 2.10. The van der Waals surface area contributed by atoms with Gasteiger partial charge in [0.2, 0.25) is 0 Å². The third-order valence-corrected chi connectivity index (χ3v) is 4.20. The van der Waals surface area contributed by atoms with Gasteiger partial charge in [-0.15, -0.1) is 11.3 Å². The van der Waals surface area contributed by atoms with Crippen LogP contribution in [0.3, 0.4) is 0 Å². The largest absolute Gasteiger partial charge is 0.477 e. The summed E-state index contributed by atoms with van der Waals surface area (Å²) in [6, 6.07) is 2.76. The van der Waals surface area contributed by atoms with E-state index in [1.165, 1.54) is 12.1 Å². The molecule has 2 aromatic heterocycles. The van der Waals surface area contributed by atoms with Crippen LogP contribution in [0.4, 0.5) is 0 Å². The molecule has 1 amide bonds. The number of rotatable bonds is 4. The normalized spacial score (nSPS) is 12.2. The number of hydrogen-bond donors (Lipinski definition) is 2. The molecule has 0 aromatic carbocycles. The third-order valence-electron chi connectivity index (χ3n) is 3.13. The van der Waals surface area contributed by atoms with Crippen LogP contribution in [-0.4, -0.2) is 26.8 Å². The quantitative estimate of drug-likeness (QED) is 0.902. The third kappa shape index (κ3) is 2.72. The lowest BCUT2D eigenvalue weighted by Gasteiger charge is -2.12. The molecule has 0 spiro atoms. The van der Waals surface area contributed by atoms with E-state index in [2.05, 4.69) is 10.4 Å². The highest BCUT2D eigenvalue weighted by atomic mass is 32.1. The van der Waals surface area contributed by atoms with Gasteiger partial charge in [-0.2, -0.15) is 5.10 Å². The first-order chi connectivity index (χ1) is 9.40. The van der Waals surface area contributed by atoms with Crippen LogP contribution in [0.15, 0.2) is 18.3 Å². The Hall–Kier alpha value is -2.15. The van der Waals surface area contributed by atoms with Gasteiger partial charge in [0.25, 0.3) is 5.91 Å². The molecule has 0 aliphatic heterocycles. The summed E-state index contributed by atoms with van der Waals surface area (Å²) in [5.74, 6) is -1.30. The number of carbonyl (C=O) groups is 2. The van der Waals surface area contributed by atoms with Crippen molar-refractivity contribution in [3.8, 4) is 0 Å². The first kappa shape index (κ1) is 14.3. The zero-order valence-electron chi connectivity index (χ0n) is 11.4. The van der Waals surface area contributed by atoms with Gasteiger partial charge >= 0.3 is 5.97 Å². The summed E-state index contributed by atoms with van der Waals surface area (Å²) in [5.41, 5.74) is 1.92. The van der Waals surface area contributed by atoms with Crippen LogP contribution in [0.5, 0.6) is 0 Å². The summed E-state index contributed by atoms with van der Waals surface area (Å²) in [7, 11) is 1.84. The monoisotopic (exact) mass is 293 g/mol. The van der Waals surface area contributed by atoms with Gasteiger partial charge in [-0.1, -0.05) is 0 Å². The smallest absolute Gasteiger partial charge is 0.345 e. The molecule has 1 unspecified atom stereocenters. The van der Waals surface area contributed by atoms with E-state index in [1.807, 2.05) is 20.9 Å². The molecule has 0 radical (unpaired) electrons. The second kappa shape index (κ2) is 5.46. The molecule has 2 rings (SSSR count). The Bertz CT molecular complexity index is 660. The van der Waals surface area contributed by atoms with Crippen molar-refractivity contribution in [1.82, 2.24) is 15.1 Å². The van der Waals surface area contributed by atoms with E-state index < -0.39 is 5.97 Å². The van der Waals surface area contributed by atoms with Crippen LogP contribution in [0.1, 0.15) is 43.6 Å². The van der Waals surface area contributed by atoms with Crippen molar-refractivity contribution >= 4 is 23.2 Å². The number of amides is 1. The number of thiophene rings is 1. The predicted molar refractivity (Wildman–Crippen MR) is 75.1 cm³/mol. The molecule has 2 aromatic rings. The molecule has 0 fully saturated rings. The molecule has 0 saturated heterocycles. The number of carboxylic acids is 1. The zero-order chi connectivity index (χ0) is 14.9. The van der Waals surface area contributed by atoms with Crippen LogP contribution in [0.2, 0.25) is 0 Å². The van der Waals surface area contributed by atoms with Gasteiger partial charge in [0.05, 0.1) is 17.1 Å². The number of aromatic nitrogens is 2. The van der Waals surface area contributed by atoms with E-state index in [1.54, 1.807) is 10.9 Å². The molecule has 2 N–H and O–H groups in total. The number of nitrogens with one attached hydrogen (secondary N) is 1. The van der Waals surface area contributed by atoms with E-state index in [0.29, 0.717) is 4.88 Å². The molecule has 0 aliphatic carbocycles. The average Bonchev–Trinajstić information content (AvgIpc) is 2.98. The Kier molecular flexibility index (Phi) is 3.89. The van der Waals surface area contributed by atoms with Crippen molar-refractivity contribution < 1.29 is 14.7 Å². The molecule has 106 valence electrons. The summed E-state index contributed by atoms with van der Waals surface area (Å²) in [4.78, 5) is 23.4. The number of aryl methyl sites for hydroxylation is 1. The van der Waals surface area contributed by atoms with Crippen molar-refractivity contribution in [3.05, 3.63) is 39.3 Å². The number of carbonyl (C=O) groups excluding carboxylic acids is 1. The topological polar surface area (TPSA) is 84.2 Å². The Morgan fingerprint density at radius 2 is 2.05 bits per heavy atom. The maximum absolute atomic E-state index is 12.1. The minimum atomic E-state index is -1.02. The van der Waals surface area contributed by atoms with Crippen LogP contribution in [0, 0.1) is 6.92 Å². The fourth-order valence-corrected chi connectivity index (χ4v) is 2.61. The standard InChI is InChI=1S/C13H15N3O3S/c1-7(9-6-14-16(3)8(9)2)15-12(17)10-4-5-11(20-10)13(18)19/h4-7H,1-3H3,(H,15,17)(H,18,19). The molecule has 20 heavy (non-hydrogen) atoms. The van der Waals surface area contributed by atoms with E-state index >= 15 is 0 Å². The number of carboxylic acid groups (broad SMARTS) is 1. The van der Waals surface area contributed by atoms with Gasteiger partial charge < -0.3 is 10.4 Å². The molecular weight excluding hydrogens is 278 g/mol. The van der Waals surface area contributed by atoms with Gasteiger partial charge in [0, 0.05) is 18.3 Å². The second-order valence-corrected chi connectivity index (χ2v) is 5.56. The fraction of sp³-hybridized carbons (Fsp3) is 0.308. The molecule has 6 nitrogen and oxygen atoms in total. The van der Waals surface area contributed by atoms with Gasteiger partial charge in [-0.05, 0) is 26.0 Å². The van der Waals surface area contributed by atoms with E-state index in [-0.39, 0.29) is 16.8 Å². The first-order valence-electron chi connectivity index (χ1n) is 6.02. The van der Waals surface area contributed by atoms with Gasteiger partial charge in [-0.3, -0.25) is 9.48 Å². The second-order valence-electron chi connectivity index (χ2n) is 4.47. The van der Waals surface area contributed by atoms with Crippen LogP contribution >= 0.6 is 11.3 Å². The number of nitrogens with zero attached hydrogens (tertiary/aromatic N) is 2. The maximum Gasteiger partial charge on any atom is 0.345 e. The van der Waals surface area contributed by atoms with E-state index in [4.69, 9.17) is 5.11 Å². The van der Waals surface area contributed by atoms with Crippen molar-refractivity contribution in [2.24, 2.45) is 7.05 Å². The Labute approximate surface area is 120 Å². The van der Waals surface area contributed by atoms with Crippen molar-refractivity contribution in [2.75, 3.05) is 0 Å². The summed E-state index contributed by atoms with van der Waals surface area (Å²) < 4.78 is 1.74. The number of hydrogen-bond acceptors (Lipinski definition) is 4. The zero-order valence-corrected chi connectivity index (χ0v) is 12.2. The SMILES string of the molecule is Cc1c(C(C)NC(=O)c2ccc(C(=O)O)s2)cnn1C. The fourth-order valence-electron chi connectivity index (χ4n) is 1.86. The highest BCUT2D eigenvalue weighted by molar-refractivity contribution is 7.15. The molecule has 0 saturated carbocycles. The van der Waals surface area contributed by atoms with Gasteiger partial charge in [0.1, 0.15) is 4.88 Å². The summed E-state index contributed by atoms with van der Waals surface area (Å²) in [6.07, 6.45) is 1.72. The lowest BCUT2D eigenvalue weighted by molar-refractivity contribution is 0.0702. The molecule has 1 atom stereocenters. The van der Waals surface area contributed by atoms with E-state index in [0.717, 1.165) is 22.6 Å². The molecular formula is C13H15N3O3S. The lowest BCUT2D eigenvalue weighted by Crippen LogP contribution is -2.26. The predicted octanol–water partition coefficient (Wildman–Crippen LogP) is 1.98. The highest BCUT2D eigenvalue weighted by Crippen LogP contribution is 2.20.